The Morgan fingerprint density at radius 2 is 1.95 bits per heavy atom. The van der Waals surface area contributed by atoms with Gasteiger partial charge in [0.25, 0.3) is 0 Å². The SMILES string of the molecule is CC(C)(C)NC(=O)CNc1ccccc1OC(F)F. The molecule has 1 aromatic carbocycles. The van der Waals surface area contributed by atoms with Gasteiger partial charge in [0.1, 0.15) is 5.75 Å². The van der Waals surface area contributed by atoms with E-state index in [4.69, 9.17) is 0 Å². The topological polar surface area (TPSA) is 50.4 Å². The number of carbonyl (C=O) groups is 1. The second kappa shape index (κ2) is 6.36. The molecule has 1 aromatic rings. The van der Waals surface area contributed by atoms with Crippen LogP contribution in [0.15, 0.2) is 24.3 Å². The normalized spacial score (nSPS) is 11.3. The van der Waals surface area contributed by atoms with Gasteiger partial charge in [0.15, 0.2) is 0 Å². The maximum Gasteiger partial charge on any atom is 0.387 e. The highest BCUT2D eigenvalue weighted by molar-refractivity contribution is 5.81. The first kappa shape index (κ1) is 15.2. The molecule has 0 aliphatic carbocycles. The summed E-state index contributed by atoms with van der Waals surface area (Å²) in [5, 5.41) is 5.53. The fourth-order valence-corrected chi connectivity index (χ4v) is 1.45. The van der Waals surface area contributed by atoms with Crippen molar-refractivity contribution >= 4 is 11.6 Å². The fourth-order valence-electron chi connectivity index (χ4n) is 1.45. The molecule has 0 aliphatic heterocycles. The van der Waals surface area contributed by atoms with Gasteiger partial charge in [-0.1, -0.05) is 12.1 Å². The predicted molar refractivity (Wildman–Crippen MR) is 69.5 cm³/mol. The van der Waals surface area contributed by atoms with E-state index in [2.05, 4.69) is 15.4 Å². The van der Waals surface area contributed by atoms with Crippen LogP contribution in [0.4, 0.5) is 14.5 Å². The van der Waals surface area contributed by atoms with E-state index in [-0.39, 0.29) is 23.7 Å². The van der Waals surface area contributed by atoms with Gasteiger partial charge in [-0.05, 0) is 32.9 Å². The number of halogens is 2. The third-order valence-electron chi connectivity index (χ3n) is 2.06. The minimum Gasteiger partial charge on any atom is -0.433 e. The van der Waals surface area contributed by atoms with Crippen LogP contribution >= 0.6 is 0 Å². The van der Waals surface area contributed by atoms with Crippen LogP contribution in [0.3, 0.4) is 0 Å². The standard InChI is InChI=1S/C13H18F2N2O2/c1-13(2,3)17-11(18)8-16-9-6-4-5-7-10(9)19-12(14)15/h4-7,12,16H,8H2,1-3H3,(H,17,18). The number of amides is 1. The number of hydrogen-bond acceptors (Lipinski definition) is 3. The Hall–Kier alpha value is -1.85. The van der Waals surface area contributed by atoms with Gasteiger partial charge in [-0.15, -0.1) is 0 Å². The van der Waals surface area contributed by atoms with Gasteiger partial charge in [0.2, 0.25) is 5.91 Å². The van der Waals surface area contributed by atoms with Crippen molar-refractivity contribution in [3.05, 3.63) is 24.3 Å². The molecule has 0 heterocycles. The predicted octanol–water partition coefficient (Wildman–Crippen LogP) is 2.61. The first-order valence-corrected chi connectivity index (χ1v) is 5.86. The van der Waals surface area contributed by atoms with E-state index in [1.165, 1.54) is 6.07 Å². The molecule has 0 unspecified atom stereocenters. The molecule has 0 saturated carbocycles. The number of nitrogens with one attached hydrogen (secondary N) is 2. The largest absolute Gasteiger partial charge is 0.433 e. The van der Waals surface area contributed by atoms with Crippen molar-refractivity contribution in [2.24, 2.45) is 0 Å². The van der Waals surface area contributed by atoms with E-state index >= 15 is 0 Å². The Morgan fingerprint density at radius 3 is 2.53 bits per heavy atom. The number of alkyl halides is 2. The first-order valence-electron chi connectivity index (χ1n) is 5.86. The summed E-state index contributed by atoms with van der Waals surface area (Å²) in [7, 11) is 0. The highest BCUT2D eigenvalue weighted by Crippen LogP contribution is 2.25. The highest BCUT2D eigenvalue weighted by atomic mass is 19.3. The van der Waals surface area contributed by atoms with Gasteiger partial charge in [0.05, 0.1) is 12.2 Å². The Balaban J connectivity index is 2.60. The summed E-state index contributed by atoms with van der Waals surface area (Å²) >= 11 is 0. The lowest BCUT2D eigenvalue weighted by Crippen LogP contribution is -2.43. The molecule has 1 rings (SSSR count). The van der Waals surface area contributed by atoms with E-state index in [1.807, 2.05) is 20.8 Å². The van der Waals surface area contributed by atoms with Crippen molar-refractivity contribution in [3.63, 3.8) is 0 Å². The third kappa shape index (κ3) is 6.03. The molecule has 0 aliphatic rings. The number of rotatable bonds is 5. The molecule has 0 aromatic heterocycles. The number of hydrogen-bond donors (Lipinski definition) is 2. The molecule has 2 N–H and O–H groups in total. The molecule has 0 radical (unpaired) electrons. The maximum atomic E-state index is 12.2. The van der Waals surface area contributed by atoms with Crippen LogP contribution in [-0.2, 0) is 4.79 Å². The summed E-state index contributed by atoms with van der Waals surface area (Å²) in [6.45, 7) is 2.67. The van der Waals surface area contributed by atoms with Gasteiger partial charge in [0, 0.05) is 5.54 Å². The van der Waals surface area contributed by atoms with Crippen LogP contribution in [0.25, 0.3) is 0 Å². The van der Waals surface area contributed by atoms with E-state index in [9.17, 15) is 13.6 Å². The van der Waals surface area contributed by atoms with Crippen molar-refractivity contribution in [2.75, 3.05) is 11.9 Å². The van der Waals surface area contributed by atoms with Crippen molar-refractivity contribution < 1.29 is 18.3 Å². The van der Waals surface area contributed by atoms with Crippen LogP contribution in [0.1, 0.15) is 20.8 Å². The van der Waals surface area contributed by atoms with Crippen LogP contribution in [0.2, 0.25) is 0 Å². The molecule has 19 heavy (non-hydrogen) atoms. The molecule has 0 bridgehead atoms. The zero-order valence-corrected chi connectivity index (χ0v) is 11.2. The summed E-state index contributed by atoms with van der Waals surface area (Å²) in [6, 6.07) is 6.23. The lowest BCUT2D eigenvalue weighted by atomic mass is 10.1. The third-order valence-corrected chi connectivity index (χ3v) is 2.06. The molecule has 1 amide bonds. The Morgan fingerprint density at radius 1 is 1.32 bits per heavy atom. The number of para-hydroxylation sites is 2. The van der Waals surface area contributed by atoms with Crippen LogP contribution in [0, 0.1) is 0 Å². The summed E-state index contributed by atoms with van der Waals surface area (Å²) in [6.07, 6.45) is 0. The first-order chi connectivity index (χ1) is 8.78. The quantitative estimate of drug-likeness (QED) is 0.866. The number of benzene rings is 1. The van der Waals surface area contributed by atoms with Crippen molar-refractivity contribution in [1.29, 1.82) is 0 Å². The number of carbonyl (C=O) groups excluding carboxylic acids is 1. The minimum atomic E-state index is -2.90. The highest BCUT2D eigenvalue weighted by Gasteiger charge is 2.14. The second-order valence-electron chi connectivity index (χ2n) is 5.03. The second-order valence-corrected chi connectivity index (χ2v) is 5.03. The van der Waals surface area contributed by atoms with Gasteiger partial charge in [-0.2, -0.15) is 8.78 Å². The molecule has 0 fully saturated rings. The lowest BCUT2D eigenvalue weighted by molar-refractivity contribution is -0.120. The van der Waals surface area contributed by atoms with Gasteiger partial charge >= 0.3 is 6.61 Å². The average Bonchev–Trinajstić information content (AvgIpc) is 2.24. The molecule has 0 saturated heterocycles. The van der Waals surface area contributed by atoms with E-state index in [0.717, 1.165) is 0 Å². The fraction of sp³-hybridized carbons (Fsp3) is 0.462. The lowest BCUT2D eigenvalue weighted by Gasteiger charge is -2.21. The summed E-state index contributed by atoms with van der Waals surface area (Å²) < 4.78 is 28.7. The summed E-state index contributed by atoms with van der Waals surface area (Å²) in [5.41, 5.74) is 0.0180. The van der Waals surface area contributed by atoms with Crippen molar-refractivity contribution in [1.82, 2.24) is 5.32 Å². The Labute approximate surface area is 111 Å². The molecular formula is C13H18F2N2O2. The average molecular weight is 272 g/mol. The molecule has 6 heteroatoms. The Bertz CT molecular complexity index is 431. The molecule has 0 spiro atoms. The van der Waals surface area contributed by atoms with Crippen molar-refractivity contribution in [2.45, 2.75) is 32.9 Å². The summed E-state index contributed by atoms with van der Waals surface area (Å²) in [4.78, 5) is 11.6. The van der Waals surface area contributed by atoms with Gasteiger partial charge < -0.3 is 15.4 Å². The Kier molecular flexibility index (Phi) is 5.09. The zero-order valence-electron chi connectivity index (χ0n) is 11.2. The van der Waals surface area contributed by atoms with Gasteiger partial charge in [-0.25, -0.2) is 0 Å². The van der Waals surface area contributed by atoms with Crippen LogP contribution in [0.5, 0.6) is 5.75 Å². The molecule has 4 nitrogen and oxygen atoms in total. The van der Waals surface area contributed by atoms with Crippen LogP contribution < -0.4 is 15.4 Å². The van der Waals surface area contributed by atoms with Crippen LogP contribution in [-0.4, -0.2) is 24.6 Å². The van der Waals surface area contributed by atoms with E-state index in [0.29, 0.717) is 5.69 Å². The van der Waals surface area contributed by atoms with Gasteiger partial charge in [-0.3, -0.25) is 4.79 Å². The number of ether oxygens (including phenoxy) is 1. The monoisotopic (exact) mass is 272 g/mol. The van der Waals surface area contributed by atoms with E-state index < -0.39 is 6.61 Å². The molecular weight excluding hydrogens is 254 g/mol. The van der Waals surface area contributed by atoms with Crippen molar-refractivity contribution in [3.8, 4) is 5.75 Å². The molecule has 106 valence electrons. The smallest absolute Gasteiger partial charge is 0.387 e. The number of anilines is 1. The zero-order chi connectivity index (χ0) is 14.5. The maximum absolute atomic E-state index is 12.2. The van der Waals surface area contributed by atoms with E-state index in [1.54, 1.807) is 18.2 Å². The minimum absolute atomic E-state index is 0.0130. The summed E-state index contributed by atoms with van der Waals surface area (Å²) in [5.74, 6) is -0.208. The molecule has 0 atom stereocenters.